The Balaban J connectivity index is 1.99. The first-order valence-corrected chi connectivity index (χ1v) is 5.34. The average molecular weight is 241 g/mol. The van der Waals surface area contributed by atoms with Crippen LogP contribution in [0.3, 0.4) is 0 Å². The van der Waals surface area contributed by atoms with Crippen molar-refractivity contribution in [1.82, 2.24) is 9.97 Å². The van der Waals surface area contributed by atoms with Crippen molar-refractivity contribution < 1.29 is 20.1 Å². The highest BCUT2D eigenvalue weighted by molar-refractivity contribution is 5.25. The van der Waals surface area contributed by atoms with Crippen molar-refractivity contribution >= 4 is 5.95 Å². The third kappa shape index (κ3) is 2.70. The maximum atomic E-state index is 9.84. The lowest BCUT2D eigenvalue weighted by Crippen LogP contribution is -2.56. The van der Waals surface area contributed by atoms with Crippen molar-refractivity contribution in [2.45, 2.75) is 24.4 Å². The molecule has 0 spiro atoms. The lowest BCUT2D eigenvalue weighted by atomic mass is 9.98. The van der Waals surface area contributed by atoms with E-state index in [9.17, 15) is 10.2 Å². The average Bonchev–Trinajstić information content (AvgIpc) is 2.37. The molecular formula is C10H15N3O4. The number of ether oxygens (including phenoxy) is 1. The molecule has 0 saturated carbocycles. The zero-order valence-corrected chi connectivity index (χ0v) is 9.10. The number of aromatic nitrogens is 2. The van der Waals surface area contributed by atoms with Crippen molar-refractivity contribution in [3.63, 3.8) is 0 Å². The molecule has 4 N–H and O–H groups in total. The molecule has 0 unspecified atom stereocenters. The monoisotopic (exact) mass is 241 g/mol. The molecule has 0 aliphatic carbocycles. The van der Waals surface area contributed by atoms with Gasteiger partial charge in [-0.1, -0.05) is 0 Å². The smallest absolute Gasteiger partial charge is 0.222 e. The first-order valence-electron chi connectivity index (χ1n) is 5.34. The van der Waals surface area contributed by atoms with Crippen LogP contribution in [0.1, 0.15) is 0 Å². The van der Waals surface area contributed by atoms with Crippen LogP contribution < -0.4 is 5.32 Å². The molecule has 2 heterocycles. The Kier molecular flexibility index (Phi) is 3.85. The minimum atomic E-state index is -1.13. The number of hydrogen-bond acceptors (Lipinski definition) is 7. The van der Waals surface area contributed by atoms with Crippen LogP contribution in [0.4, 0.5) is 5.95 Å². The highest BCUT2D eigenvalue weighted by atomic mass is 16.5. The van der Waals surface area contributed by atoms with Gasteiger partial charge in [-0.05, 0) is 6.07 Å². The predicted octanol–water partition coefficient (Wildman–Crippen LogP) is -1.63. The van der Waals surface area contributed by atoms with E-state index in [2.05, 4.69) is 15.3 Å². The van der Waals surface area contributed by atoms with Gasteiger partial charge in [-0.15, -0.1) is 0 Å². The van der Waals surface area contributed by atoms with E-state index < -0.39 is 24.4 Å². The number of nitrogens with one attached hydrogen (secondary N) is 1. The molecule has 94 valence electrons. The molecule has 17 heavy (non-hydrogen) atoms. The Morgan fingerprint density at radius 2 is 2.00 bits per heavy atom. The molecule has 4 atom stereocenters. The molecule has 1 aromatic heterocycles. The van der Waals surface area contributed by atoms with Gasteiger partial charge in [0.2, 0.25) is 5.95 Å². The van der Waals surface area contributed by atoms with Gasteiger partial charge in [-0.3, -0.25) is 0 Å². The van der Waals surface area contributed by atoms with Crippen LogP contribution in [0.2, 0.25) is 0 Å². The molecule has 1 aliphatic rings. The molecule has 0 amide bonds. The predicted molar refractivity (Wildman–Crippen MR) is 58.3 cm³/mol. The summed E-state index contributed by atoms with van der Waals surface area (Å²) >= 11 is 0. The van der Waals surface area contributed by atoms with Crippen molar-refractivity contribution in [2.24, 2.45) is 0 Å². The third-order valence-corrected chi connectivity index (χ3v) is 2.69. The van der Waals surface area contributed by atoms with Gasteiger partial charge < -0.3 is 25.4 Å². The third-order valence-electron chi connectivity index (χ3n) is 2.69. The molecule has 0 aromatic carbocycles. The van der Waals surface area contributed by atoms with Gasteiger partial charge in [0.1, 0.15) is 18.3 Å². The van der Waals surface area contributed by atoms with E-state index in [0.717, 1.165) is 0 Å². The summed E-state index contributed by atoms with van der Waals surface area (Å²) in [5, 5.41) is 31.3. The molecule has 1 saturated heterocycles. The summed E-state index contributed by atoms with van der Waals surface area (Å²) in [6.45, 7) is -0.158. The van der Waals surface area contributed by atoms with Crippen LogP contribution in [0.5, 0.6) is 0 Å². The standard InChI is InChI=1S/C10H15N3O4/c14-4-7-9(16)8(15)6(5-17-7)13-10-11-2-1-3-12-10/h1-3,6-9,14-16H,4-5H2,(H,11,12,13)/t6-,7+,8+,9-/m0/s1. The number of hydrogen-bond donors (Lipinski definition) is 4. The minimum Gasteiger partial charge on any atom is -0.394 e. The summed E-state index contributed by atoms with van der Waals surface area (Å²) in [7, 11) is 0. The zero-order valence-electron chi connectivity index (χ0n) is 9.10. The molecule has 1 fully saturated rings. The summed E-state index contributed by atoms with van der Waals surface area (Å²) in [6, 6.07) is 1.17. The van der Waals surface area contributed by atoms with E-state index in [4.69, 9.17) is 9.84 Å². The van der Waals surface area contributed by atoms with E-state index in [1.54, 1.807) is 18.5 Å². The van der Waals surface area contributed by atoms with E-state index in [1.807, 2.05) is 0 Å². The van der Waals surface area contributed by atoms with Gasteiger partial charge in [0.15, 0.2) is 0 Å². The topological polar surface area (TPSA) is 108 Å². The maximum Gasteiger partial charge on any atom is 0.222 e. The Labute approximate surface area is 98.1 Å². The second-order valence-electron chi connectivity index (χ2n) is 3.86. The van der Waals surface area contributed by atoms with Crippen molar-refractivity contribution in [3.8, 4) is 0 Å². The number of rotatable bonds is 3. The summed E-state index contributed by atoms with van der Waals surface area (Å²) in [5.74, 6) is 0.356. The molecule has 2 rings (SSSR count). The molecule has 7 nitrogen and oxygen atoms in total. The van der Waals surface area contributed by atoms with Crippen LogP contribution in [0.25, 0.3) is 0 Å². The largest absolute Gasteiger partial charge is 0.394 e. The van der Waals surface area contributed by atoms with Gasteiger partial charge in [-0.2, -0.15) is 0 Å². The van der Waals surface area contributed by atoms with E-state index in [0.29, 0.717) is 5.95 Å². The number of aliphatic hydroxyl groups is 3. The number of anilines is 1. The van der Waals surface area contributed by atoms with Crippen LogP contribution in [0.15, 0.2) is 18.5 Å². The Morgan fingerprint density at radius 1 is 1.29 bits per heavy atom. The summed E-state index contributed by atoms with van der Waals surface area (Å²) < 4.78 is 5.22. The fourth-order valence-electron chi connectivity index (χ4n) is 1.71. The highest BCUT2D eigenvalue weighted by Crippen LogP contribution is 2.17. The molecule has 1 aliphatic heterocycles. The van der Waals surface area contributed by atoms with Crippen molar-refractivity contribution in [2.75, 3.05) is 18.5 Å². The first-order chi connectivity index (χ1) is 8.22. The fraction of sp³-hybridized carbons (Fsp3) is 0.600. The minimum absolute atomic E-state index is 0.168. The molecule has 0 radical (unpaired) electrons. The zero-order chi connectivity index (χ0) is 12.3. The van der Waals surface area contributed by atoms with Crippen LogP contribution >= 0.6 is 0 Å². The normalized spacial score (nSPS) is 33.4. The van der Waals surface area contributed by atoms with Crippen LogP contribution in [-0.2, 0) is 4.74 Å². The fourth-order valence-corrected chi connectivity index (χ4v) is 1.71. The quantitative estimate of drug-likeness (QED) is 0.503. The molecule has 7 heteroatoms. The summed E-state index contributed by atoms with van der Waals surface area (Å²) in [5.41, 5.74) is 0. The van der Waals surface area contributed by atoms with Crippen LogP contribution in [0, 0.1) is 0 Å². The van der Waals surface area contributed by atoms with Crippen LogP contribution in [-0.4, -0.2) is 62.9 Å². The number of nitrogens with zero attached hydrogens (tertiary/aromatic N) is 2. The first kappa shape index (κ1) is 12.2. The van der Waals surface area contributed by atoms with Crippen molar-refractivity contribution in [3.05, 3.63) is 18.5 Å². The van der Waals surface area contributed by atoms with Gasteiger partial charge >= 0.3 is 0 Å². The Morgan fingerprint density at radius 3 is 2.65 bits per heavy atom. The maximum absolute atomic E-state index is 9.84. The van der Waals surface area contributed by atoms with E-state index in [-0.39, 0.29) is 13.2 Å². The van der Waals surface area contributed by atoms with Crippen molar-refractivity contribution in [1.29, 1.82) is 0 Å². The molecular weight excluding hydrogens is 226 g/mol. The molecule has 0 bridgehead atoms. The highest BCUT2D eigenvalue weighted by Gasteiger charge is 2.38. The summed E-state index contributed by atoms with van der Waals surface area (Å²) in [6.07, 6.45) is 0.218. The lowest BCUT2D eigenvalue weighted by Gasteiger charge is -2.37. The molecule has 1 aromatic rings. The number of aliphatic hydroxyl groups excluding tert-OH is 3. The Hall–Kier alpha value is -1.28. The van der Waals surface area contributed by atoms with E-state index in [1.165, 1.54) is 0 Å². The second-order valence-corrected chi connectivity index (χ2v) is 3.86. The van der Waals surface area contributed by atoms with Gasteiger partial charge in [0, 0.05) is 12.4 Å². The van der Waals surface area contributed by atoms with Gasteiger partial charge in [-0.25, -0.2) is 9.97 Å². The SMILES string of the molecule is OC[C@H]1OC[C@H](Nc2ncccn2)[C@@H](O)[C@H]1O. The second kappa shape index (κ2) is 5.37. The van der Waals surface area contributed by atoms with E-state index >= 15 is 0 Å². The summed E-state index contributed by atoms with van der Waals surface area (Å²) in [4.78, 5) is 7.90. The van der Waals surface area contributed by atoms with Gasteiger partial charge in [0.05, 0.1) is 19.3 Å². The lowest BCUT2D eigenvalue weighted by molar-refractivity contribution is -0.152. The Bertz CT molecular complexity index is 351. The van der Waals surface area contributed by atoms with Gasteiger partial charge in [0.25, 0.3) is 0 Å².